The van der Waals surface area contributed by atoms with Crippen LogP contribution in [0.4, 0.5) is 16.6 Å². The normalized spacial score (nSPS) is 10.4. The molecular formula is C19H18BrN3O4S. The van der Waals surface area contributed by atoms with Gasteiger partial charge in [-0.15, -0.1) is 0 Å². The molecular weight excluding hydrogens is 446 g/mol. The maximum atomic E-state index is 13.1. The number of nitrogen functional groups attached to an aromatic ring is 1. The molecule has 2 aromatic carbocycles. The van der Waals surface area contributed by atoms with Gasteiger partial charge in [0.15, 0.2) is 16.6 Å². The third kappa shape index (κ3) is 3.90. The zero-order chi connectivity index (χ0) is 20.3. The number of halogens is 1. The number of ketones is 1. The lowest BCUT2D eigenvalue weighted by Crippen LogP contribution is -2.06. The molecule has 1 aromatic heterocycles. The third-order valence-electron chi connectivity index (χ3n) is 3.88. The topological polar surface area (TPSA) is 95.7 Å². The number of aromatic nitrogens is 1. The Morgan fingerprint density at radius 3 is 2.50 bits per heavy atom. The fourth-order valence-electron chi connectivity index (χ4n) is 2.64. The summed E-state index contributed by atoms with van der Waals surface area (Å²) < 4.78 is 16.9. The van der Waals surface area contributed by atoms with Crippen molar-refractivity contribution in [2.45, 2.75) is 0 Å². The van der Waals surface area contributed by atoms with Gasteiger partial charge in [0.05, 0.1) is 26.9 Å². The van der Waals surface area contributed by atoms with Gasteiger partial charge >= 0.3 is 0 Å². The number of hydrogen-bond acceptors (Lipinski definition) is 8. The van der Waals surface area contributed by atoms with E-state index in [0.29, 0.717) is 27.1 Å². The van der Waals surface area contributed by atoms with Crippen LogP contribution in [0.5, 0.6) is 17.2 Å². The molecule has 0 saturated carbocycles. The smallest absolute Gasteiger partial charge is 0.210 e. The largest absolute Gasteiger partial charge is 0.493 e. The standard InChI is InChI=1S/C19H18BrN3O4S/c1-25-13-8-7-12(15(26-2)16(13)27-3)14(24)17-18(21)23-19(28-17)22-11-6-4-5-10(20)9-11/h4-9H,21H2,1-3H3,(H,22,23). The van der Waals surface area contributed by atoms with E-state index in [0.717, 1.165) is 10.2 Å². The van der Waals surface area contributed by atoms with Crippen molar-refractivity contribution >= 4 is 49.7 Å². The number of ether oxygens (including phenoxy) is 3. The van der Waals surface area contributed by atoms with E-state index in [1.54, 1.807) is 12.1 Å². The van der Waals surface area contributed by atoms with Crippen LogP contribution in [0.15, 0.2) is 40.9 Å². The van der Waals surface area contributed by atoms with Gasteiger partial charge in [0.1, 0.15) is 10.7 Å². The monoisotopic (exact) mass is 463 g/mol. The molecule has 0 unspecified atom stereocenters. The molecule has 0 atom stereocenters. The first-order valence-electron chi connectivity index (χ1n) is 8.11. The van der Waals surface area contributed by atoms with E-state index in [1.165, 1.54) is 32.7 Å². The van der Waals surface area contributed by atoms with E-state index in [4.69, 9.17) is 19.9 Å². The number of nitrogens with zero attached hydrogens (tertiary/aromatic N) is 1. The summed E-state index contributed by atoms with van der Waals surface area (Å²) >= 11 is 4.58. The first-order chi connectivity index (χ1) is 13.5. The number of benzene rings is 2. The van der Waals surface area contributed by atoms with E-state index in [1.807, 2.05) is 24.3 Å². The number of thiazole rings is 1. The number of methoxy groups -OCH3 is 3. The van der Waals surface area contributed by atoms with Crippen molar-refractivity contribution in [1.82, 2.24) is 4.98 Å². The molecule has 28 heavy (non-hydrogen) atoms. The summed E-state index contributed by atoms with van der Waals surface area (Å²) in [6, 6.07) is 10.9. The number of nitrogens with one attached hydrogen (secondary N) is 1. The van der Waals surface area contributed by atoms with Gasteiger partial charge in [0.25, 0.3) is 0 Å². The zero-order valence-electron chi connectivity index (χ0n) is 15.4. The molecule has 7 nitrogen and oxygen atoms in total. The average molecular weight is 464 g/mol. The molecule has 3 N–H and O–H groups in total. The minimum Gasteiger partial charge on any atom is -0.493 e. The highest BCUT2D eigenvalue weighted by atomic mass is 79.9. The van der Waals surface area contributed by atoms with Gasteiger partial charge < -0.3 is 25.3 Å². The lowest BCUT2D eigenvalue weighted by Gasteiger charge is -2.14. The van der Waals surface area contributed by atoms with Crippen molar-refractivity contribution in [1.29, 1.82) is 0 Å². The number of carbonyl (C=O) groups excluding carboxylic acids is 1. The summed E-state index contributed by atoms with van der Waals surface area (Å²) in [5, 5.41) is 3.66. The maximum Gasteiger partial charge on any atom is 0.210 e. The molecule has 0 spiro atoms. The molecule has 1 heterocycles. The Morgan fingerprint density at radius 2 is 1.86 bits per heavy atom. The highest BCUT2D eigenvalue weighted by Gasteiger charge is 2.25. The minimum absolute atomic E-state index is 0.143. The second-order valence-corrected chi connectivity index (χ2v) is 7.49. The molecule has 0 aliphatic heterocycles. The fourth-order valence-corrected chi connectivity index (χ4v) is 3.90. The van der Waals surface area contributed by atoms with Crippen molar-refractivity contribution in [3.8, 4) is 17.2 Å². The van der Waals surface area contributed by atoms with Crippen molar-refractivity contribution in [3.05, 3.63) is 51.3 Å². The van der Waals surface area contributed by atoms with E-state index in [-0.39, 0.29) is 17.4 Å². The van der Waals surface area contributed by atoms with Crippen LogP contribution in [0.3, 0.4) is 0 Å². The molecule has 3 aromatic rings. The molecule has 146 valence electrons. The fraction of sp³-hybridized carbons (Fsp3) is 0.158. The Balaban J connectivity index is 1.96. The molecule has 0 radical (unpaired) electrons. The number of hydrogen-bond donors (Lipinski definition) is 2. The van der Waals surface area contributed by atoms with Crippen molar-refractivity contribution in [2.75, 3.05) is 32.4 Å². The van der Waals surface area contributed by atoms with Gasteiger partial charge in [-0.25, -0.2) is 4.98 Å². The predicted molar refractivity (Wildman–Crippen MR) is 113 cm³/mol. The van der Waals surface area contributed by atoms with Gasteiger partial charge in [-0.2, -0.15) is 0 Å². The van der Waals surface area contributed by atoms with Crippen LogP contribution in [0.1, 0.15) is 15.2 Å². The molecule has 0 amide bonds. The van der Waals surface area contributed by atoms with Crippen LogP contribution in [0.2, 0.25) is 0 Å². The number of carbonyl (C=O) groups is 1. The Labute approximate surface area is 174 Å². The highest BCUT2D eigenvalue weighted by Crippen LogP contribution is 2.41. The molecule has 0 aliphatic rings. The lowest BCUT2D eigenvalue weighted by molar-refractivity contribution is 0.103. The predicted octanol–water partition coefficient (Wildman–Crippen LogP) is 4.49. The summed E-state index contributed by atoms with van der Waals surface area (Å²) in [4.78, 5) is 17.7. The number of rotatable bonds is 7. The molecule has 0 bridgehead atoms. The van der Waals surface area contributed by atoms with E-state index in [9.17, 15) is 4.79 Å². The van der Waals surface area contributed by atoms with Gasteiger partial charge in [-0.05, 0) is 30.3 Å². The van der Waals surface area contributed by atoms with E-state index < -0.39 is 0 Å². The second kappa shape index (κ2) is 8.49. The van der Waals surface area contributed by atoms with Crippen LogP contribution >= 0.6 is 27.3 Å². The summed E-state index contributed by atoms with van der Waals surface area (Å²) in [6.07, 6.45) is 0. The third-order valence-corrected chi connectivity index (χ3v) is 5.36. The Bertz CT molecular complexity index is 1020. The number of anilines is 3. The minimum atomic E-state index is -0.310. The van der Waals surface area contributed by atoms with Gasteiger partial charge in [-0.1, -0.05) is 33.3 Å². The van der Waals surface area contributed by atoms with Crippen LogP contribution < -0.4 is 25.3 Å². The molecule has 0 aliphatic carbocycles. The Hall–Kier alpha value is -2.78. The van der Waals surface area contributed by atoms with Crippen molar-refractivity contribution in [3.63, 3.8) is 0 Å². The molecule has 0 saturated heterocycles. The quantitative estimate of drug-likeness (QED) is 0.498. The van der Waals surface area contributed by atoms with Gasteiger partial charge in [-0.3, -0.25) is 4.79 Å². The summed E-state index contributed by atoms with van der Waals surface area (Å²) in [5.41, 5.74) is 7.15. The number of nitrogens with two attached hydrogens (primary N) is 1. The Kier molecular flexibility index (Phi) is 6.05. The van der Waals surface area contributed by atoms with Crippen molar-refractivity contribution in [2.24, 2.45) is 0 Å². The summed E-state index contributed by atoms with van der Waals surface area (Å²) in [6.45, 7) is 0. The average Bonchev–Trinajstić information content (AvgIpc) is 3.05. The van der Waals surface area contributed by atoms with E-state index >= 15 is 0 Å². The van der Waals surface area contributed by atoms with Crippen LogP contribution in [0.25, 0.3) is 0 Å². The van der Waals surface area contributed by atoms with Gasteiger partial charge in [0, 0.05) is 10.2 Å². The first kappa shape index (κ1) is 20.0. The molecule has 3 rings (SSSR count). The SMILES string of the molecule is COc1ccc(C(=O)c2sc(Nc3cccc(Br)c3)nc2N)c(OC)c1OC. The molecule has 9 heteroatoms. The Morgan fingerprint density at radius 1 is 1.11 bits per heavy atom. The lowest BCUT2D eigenvalue weighted by atomic mass is 10.1. The highest BCUT2D eigenvalue weighted by molar-refractivity contribution is 9.10. The summed E-state index contributed by atoms with van der Waals surface area (Å²) in [5.74, 6) is 0.914. The van der Waals surface area contributed by atoms with Crippen molar-refractivity contribution < 1.29 is 19.0 Å². The van der Waals surface area contributed by atoms with Crippen LogP contribution in [0, 0.1) is 0 Å². The van der Waals surface area contributed by atoms with Gasteiger partial charge in [0.2, 0.25) is 11.5 Å². The molecule has 0 fully saturated rings. The maximum absolute atomic E-state index is 13.1. The second-order valence-electron chi connectivity index (χ2n) is 5.58. The first-order valence-corrected chi connectivity index (χ1v) is 9.72. The zero-order valence-corrected chi connectivity index (χ0v) is 17.8. The van der Waals surface area contributed by atoms with E-state index in [2.05, 4.69) is 26.2 Å². The van der Waals surface area contributed by atoms with Crippen LogP contribution in [-0.2, 0) is 0 Å². The summed E-state index contributed by atoms with van der Waals surface area (Å²) in [7, 11) is 4.46. The van der Waals surface area contributed by atoms with Crippen LogP contribution in [-0.4, -0.2) is 32.1 Å².